The van der Waals surface area contributed by atoms with Gasteiger partial charge in [0.25, 0.3) is 0 Å². The number of epoxide rings is 1. The van der Waals surface area contributed by atoms with E-state index in [1.165, 1.54) is 19.3 Å². The van der Waals surface area contributed by atoms with Crippen molar-refractivity contribution in [3.05, 3.63) is 36.5 Å². The molecule has 1 rings (SSSR count). The summed E-state index contributed by atoms with van der Waals surface area (Å²) in [4.78, 5) is 11.4. The van der Waals surface area contributed by atoms with E-state index in [1.54, 1.807) is 0 Å². The standard InChI is InChI=1S/C21H34O3/c1-2-3-4-5-6-7-8-9-10-11-12-13-14-15-16-17-21(22)24-19-20-18-23-20/h3-4,6-7,9-10,20H,2,5,8,11-19H2,1H3/b4-3-,7-6-,10-9-. The molecule has 0 radical (unpaired) electrons. The van der Waals surface area contributed by atoms with E-state index in [0.717, 1.165) is 45.1 Å². The Hall–Kier alpha value is -1.35. The average molecular weight is 335 g/mol. The van der Waals surface area contributed by atoms with Gasteiger partial charge in [-0.25, -0.2) is 0 Å². The van der Waals surface area contributed by atoms with Crippen LogP contribution >= 0.6 is 0 Å². The Labute approximate surface area is 147 Å². The summed E-state index contributed by atoms with van der Waals surface area (Å²) in [6, 6.07) is 0. The van der Waals surface area contributed by atoms with Gasteiger partial charge in [-0.05, 0) is 38.5 Å². The van der Waals surface area contributed by atoms with E-state index in [4.69, 9.17) is 9.47 Å². The lowest BCUT2D eigenvalue weighted by Crippen LogP contribution is -2.09. The summed E-state index contributed by atoms with van der Waals surface area (Å²) in [6.45, 7) is 3.34. The normalized spacial score (nSPS) is 17.3. The Bertz CT molecular complexity index is 392. The van der Waals surface area contributed by atoms with Crippen LogP contribution in [0.5, 0.6) is 0 Å². The summed E-state index contributed by atoms with van der Waals surface area (Å²) in [7, 11) is 0. The van der Waals surface area contributed by atoms with Crippen molar-refractivity contribution in [3.8, 4) is 0 Å². The lowest BCUT2D eigenvalue weighted by atomic mass is 10.1. The first-order chi connectivity index (χ1) is 11.8. The maximum Gasteiger partial charge on any atom is 0.305 e. The molecule has 24 heavy (non-hydrogen) atoms. The monoisotopic (exact) mass is 334 g/mol. The van der Waals surface area contributed by atoms with Gasteiger partial charge in [0.15, 0.2) is 0 Å². The predicted octanol–water partition coefficient (Wildman–Crippen LogP) is 5.52. The second-order valence-electron chi connectivity index (χ2n) is 6.24. The van der Waals surface area contributed by atoms with Crippen LogP contribution in [0.1, 0.15) is 71.1 Å². The summed E-state index contributed by atoms with van der Waals surface area (Å²) in [5.41, 5.74) is 0. The number of unbranched alkanes of at least 4 members (excludes halogenated alkanes) is 5. The van der Waals surface area contributed by atoms with E-state index < -0.39 is 0 Å². The van der Waals surface area contributed by atoms with Crippen LogP contribution < -0.4 is 0 Å². The van der Waals surface area contributed by atoms with Gasteiger partial charge in [0.1, 0.15) is 12.7 Å². The van der Waals surface area contributed by atoms with Crippen LogP contribution in [0.15, 0.2) is 36.5 Å². The van der Waals surface area contributed by atoms with Crippen LogP contribution in [0.4, 0.5) is 0 Å². The number of ether oxygens (including phenoxy) is 2. The number of carbonyl (C=O) groups is 1. The van der Waals surface area contributed by atoms with Crippen LogP contribution in [0.25, 0.3) is 0 Å². The molecule has 0 spiro atoms. The molecule has 0 saturated carbocycles. The molecule has 1 saturated heterocycles. The molecule has 0 aliphatic carbocycles. The number of allylic oxidation sites excluding steroid dienone is 6. The van der Waals surface area contributed by atoms with Crippen LogP contribution in [0.3, 0.4) is 0 Å². The van der Waals surface area contributed by atoms with Gasteiger partial charge in [0, 0.05) is 6.42 Å². The molecule has 1 unspecified atom stereocenters. The third kappa shape index (κ3) is 14.3. The Morgan fingerprint density at radius 2 is 1.58 bits per heavy atom. The van der Waals surface area contributed by atoms with E-state index >= 15 is 0 Å². The molecule has 0 amide bonds. The number of hydrogen-bond donors (Lipinski definition) is 0. The van der Waals surface area contributed by atoms with E-state index in [-0.39, 0.29) is 12.1 Å². The third-order valence-corrected chi connectivity index (χ3v) is 3.86. The molecule has 1 fully saturated rings. The summed E-state index contributed by atoms with van der Waals surface area (Å²) < 4.78 is 10.1. The third-order valence-electron chi connectivity index (χ3n) is 3.86. The van der Waals surface area contributed by atoms with Gasteiger partial charge in [-0.1, -0.05) is 62.6 Å². The van der Waals surface area contributed by atoms with Crippen LogP contribution in [-0.4, -0.2) is 25.3 Å². The van der Waals surface area contributed by atoms with Gasteiger partial charge in [-0.15, -0.1) is 0 Å². The van der Waals surface area contributed by atoms with Crippen molar-refractivity contribution in [2.75, 3.05) is 13.2 Å². The Morgan fingerprint density at radius 3 is 2.29 bits per heavy atom. The van der Waals surface area contributed by atoms with E-state index in [2.05, 4.69) is 43.4 Å². The molecular weight excluding hydrogens is 300 g/mol. The fraction of sp³-hybridized carbons (Fsp3) is 0.667. The highest BCUT2D eigenvalue weighted by Crippen LogP contribution is 2.11. The minimum Gasteiger partial charge on any atom is -0.463 e. The smallest absolute Gasteiger partial charge is 0.305 e. The zero-order valence-electron chi connectivity index (χ0n) is 15.3. The molecule has 1 aliphatic heterocycles. The highest BCUT2D eigenvalue weighted by Gasteiger charge is 2.23. The molecule has 1 atom stereocenters. The molecule has 0 aromatic carbocycles. The molecule has 3 nitrogen and oxygen atoms in total. The second kappa shape index (κ2) is 15.2. The Balaban J connectivity index is 1.78. The van der Waals surface area contributed by atoms with Crippen molar-refractivity contribution in [1.82, 2.24) is 0 Å². The molecule has 3 heteroatoms. The van der Waals surface area contributed by atoms with Gasteiger partial charge in [0.2, 0.25) is 0 Å². The van der Waals surface area contributed by atoms with E-state index in [1.807, 2.05) is 0 Å². The van der Waals surface area contributed by atoms with Gasteiger partial charge in [0.05, 0.1) is 6.61 Å². The van der Waals surface area contributed by atoms with Crippen LogP contribution in [0.2, 0.25) is 0 Å². The summed E-state index contributed by atoms with van der Waals surface area (Å²) in [6.07, 6.45) is 24.2. The van der Waals surface area contributed by atoms with Crippen LogP contribution in [-0.2, 0) is 14.3 Å². The average Bonchev–Trinajstić information content (AvgIpc) is 3.41. The second-order valence-corrected chi connectivity index (χ2v) is 6.24. The molecule has 0 N–H and O–H groups in total. The van der Waals surface area contributed by atoms with Gasteiger partial charge in [-0.3, -0.25) is 4.79 Å². The van der Waals surface area contributed by atoms with Crippen molar-refractivity contribution < 1.29 is 14.3 Å². The maximum atomic E-state index is 11.4. The minimum atomic E-state index is -0.0772. The highest BCUT2D eigenvalue weighted by atomic mass is 16.6. The zero-order valence-corrected chi connectivity index (χ0v) is 15.3. The molecule has 1 aliphatic rings. The maximum absolute atomic E-state index is 11.4. The molecule has 136 valence electrons. The molecular formula is C21H34O3. The summed E-state index contributed by atoms with van der Waals surface area (Å²) in [5, 5.41) is 0. The van der Waals surface area contributed by atoms with Gasteiger partial charge >= 0.3 is 5.97 Å². The number of esters is 1. The summed E-state index contributed by atoms with van der Waals surface area (Å²) >= 11 is 0. The predicted molar refractivity (Wildman–Crippen MR) is 100.0 cm³/mol. The van der Waals surface area contributed by atoms with E-state index in [9.17, 15) is 4.79 Å². The minimum absolute atomic E-state index is 0.0772. The van der Waals surface area contributed by atoms with Gasteiger partial charge in [-0.2, -0.15) is 0 Å². The first-order valence-corrected chi connectivity index (χ1v) is 9.55. The fourth-order valence-corrected chi connectivity index (χ4v) is 2.31. The number of hydrogen-bond acceptors (Lipinski definition) is 3. The van der Waals surface area contributed by atoms with Crippen molar-refractivity contribution in [1.29, 1.82) is 0 Å². The number of rotatable bonds is 15. The van der Waals surface area contributed by atoms with Crippen LogP contribution in [0, 0.1) is 0 Å². The number of carbonyl (C=O) groups excluding carboxylic acids is 1. The van der Waals surface area contributed by atoms with Crippen molar-refractivity contribution >= 4 is 5.97 Å². The van der Waals surface area contributed by atoms with Crippen molar-refractivity contribution in [2.24, 2.45) is 0 Å². The topological polar surface area (TPSA) is 38.8 Å². The Morgan fingerprint density at radius 1 is 0.958 bits per heavy atom. The largest absolute Gasteiger partial charge is 0.463 e. The lowest BCUT2D eigenvalue weighted by molar-refractivity contribution is -0.144. The van der Waals surface area contributed by atoms with Gasteiger partial charge < -0.3 is 9.47 Å². The lowest BCUT2D eigenvalue weighted by Gasteiger charge is -2.02. The molecule has 0 aromatic rings. The molecule has 1 heterocycles. The first kappa shape index (κ1) is 20.7. The summed E-state index contributed by atoms with van der Waals surface area (Å²) in [5.74, 6) is -0.0772. The molecule has 0 bridgehead atoms. The first-order valence-electron chi connectivity index (χ1n) is 9.55. The fourth-order valence-electron chi connectivity index (χ4n) is 2.31. The highest BCUT2D eigenvalue weighted by molar-refractivity contribution is 5.69. The van der Waals surface area contributed by atoms with Crippen molar-refractivity contribution in [2.45, 2.75) is 77.2 Å². The zero-order chi connectivity index (χ0) is 17.3. The molecule has 0 aromatic heterocycles. The Kier molecular flexibility index (Phi) is 13.1. The van der Waals surface area contributed by atoms with Crippen molar-refractivity contribution in [3.63, 3.8) is 0 Å². The quantitative estimate of drug-likeness (QED) is 0.171. The SMILES string of the molecule is CC/C=C\C/C=C\C/C=C\CCCCCCCC(=O)OCC1CO1. The van der Waals surface area contributed by atoms with E-state index in [0.29, 0.717) is 13.0 Å².